The van der Waals surface area contributed by atoms with Gasteiger partial charge in [-0.25, -0.2) is 9.78 Å². The van der Waals surface area contributed by atoms with Gasteiger partial charge < -0.3 is 15.3 Å². The normalized spacial score (nSPS) is 18.5. The van der Waals surface area contributed by atoms with Crippen molar-refractivity contribution >= 4 is 23.3 Å². The molecule has 1 atom stereocenters. The highest BCUT2D eigenvalue weighted by Crippen LogP contribution is 2.16. The highest BCUT2D eigenvalue weighted by Gasteiger charge is 2.27. The molecular formula is C14H21N3O3S. The highest BCUT2D eigenvalue weighted by molar-refractivity contribution is 7.09. The number of likely N-dealkylation sites (tertiary alicyclic amines) is 1. The number of aliphatic carboxylic acids is 1. The highest BCUT2D eigenvalue weighted by atomic mass is 32.1. The van der Waals surface area contributed by atoms with Gasteiger partial charge in [-0.3, -0.25) is 4.79 Å². The molecular weight excluding hydrogens is 290 g/mol. The Labute approximate surface area is 128 Å². The van der Waals surface area contributed by atoms with E-state index >= 15 is 0 Å². The standard InChI is InChI=1S/C14H21N3O3S/c1-2-12-16-11(9-21-12)5-6-15-14(20)17-7-3-4-10(8-17)13(18)19/h9-10H,2-8H2,1H3,(H,15,20)(H,18,19). The van der Waals surface area contributed by atoms with Gasteiger partial charge in [0, 0.05) is 31.4 Å². The van der Waals surface area contributed by atoms with E-state index in [2.05, 4.69) is 17.2 Å². The Morgan fingerprint density at radius 1 is 1.57 bits per heavy atom. The first-order valence-electron chi connectivity index (χ1n) is 7.29. The molecule has 0 aliphatic carbocycles. The molecule has 2 amide bonds. The zero-order chi connectivity index (χ0) is 15.2. The molecule has 7 heteroatoms. The fraction of sp³-hybridized carbons (Fsp3) is 0.643. The van der Waals surface area contributed by atoms with Crippen molar-refractivity contribution in [1.29, 1.82) is 0 Å². The van der Waals surface area contributed by atoms with E-state index in [1.54, 1.807) is 16.2 Å². The van der Waals surface area contributed by atoms with Crippen molar-refractivity contribution in [3.63, 3.8) is 0 Å². The average molecular weight is 311 g/mol. The van der Waals surface area contributed by atoms with Crippen LogP contribution in [-0.4, -0.2) is 46.6 Å². The van der Waals surface area contributed by atoms with E-state index in [-0.39, 0.29) is 6.03 Å². The van der Waals surface area contributed by atoms with Crippen molar-refractivity contribution in [2.45, 2.75) is 32.6 Å². The summed E-state index contributed by atoms with van der Waals surface area (Å²) in [6.45, 7) is 3.53. The maximum atomic E-state index is 12.0. The van der Waals surface area contributed by atoms with E-state index in [9.17, 15) is 9.59 Å². The lowest BCUT2D eigenvalue weighted by Crippen LogP contribution is -2.47. The number of carboxylic acid groups (broad SMARTS) is 1. The number of carboxylic acids is 1. The molecule has 116 valence electrons. The van der Waals surface area contributed by atoms with Gasteiger partial charge in [0.2, 0.25) is 0 Å². The molecule has 1 fully saturated rings. The SMILES string of the molecule is CCc1nc(CCNC(=O)N2CCCC(C(=O)O)C2)cs1. The van der Waals surface area contributed by atoms with Gasteiger partial charge >= 0.3 is 12.0 Å². The number of amides is 2. The van der Waals surface area contributed by atoms with Gasteiger partial charge in [0.1, 0.15) is 0 Å². The summed E-state index contributed by atoms with van der Waals surface area (Å²) in [4.78, 5) is 29.1. The quantitative estimate of drug-likeness (QED) is 0.868. The van der Waals surface area contributed by atoms with Crippen LogP contribution >= 0.6 is 11.3 Å². The summed E-state index contributed by atoms with van der Waals surface area (Å²) in [5, 5.41) is 15.0. The molecule has 1 saturated heterocycles. The second-order valence-corrected chi connectivity index (χ2v) is 6.13. The first-order chi connectivity index (χ1) is 10.1. The number of thiazole rings is 1. The van der Waals surface area contributed by atoms with Crippen LogP contribution in [0, 0.1) is 5.92 Å². The predicted octanol–water partition coefficient (Wildman–Crippen LogP) is 1.75. The van der Waals surface area contributed by atoms with Crippen molar-refractivity contribution in [1.82, 2.24) is 15.2 Å². The molecule has 1 aliphatic rings. The Balaban J connectivity index is 1.75. The summed E-state index contributed by atoms with van der Waals surface area (Å²) in [6.07, 6.45) is 3.04. The van der Waals surface area contributed by atoms with Crippen LogP contribution in [0.15, 0.2) is 5.38 Å². The van der Waals surface area contributed by atoms with E-state index in [1.807, 2.05) is 5.38 Å². The number of urea groups is 1. The molecule has 1 unspecified atom stereocenters. The molecule has 6 nitrogen and oxygen atoms in total. The third kappa shape index (κ3) is 4.42. The Hall–Kier alpha value is -1.63. The van der Waals surface area contributed by atoms with Crippen molar-refractivity contribution in [2.24, 2.45) is 5.92 Å². The minimum absolute atomic E-state index is 0.174. The minimum atomic E-state index is -0.818. The number of piperidine rings is 1. The zero-order valence-electron chi connectivity index (χ0n) is 12.2. The van der Waals surface area contributed by atoms with Crippen LogP contribution in [0.4, 0.5) is 4.79 Å². The van der Waals surface area contributed by atoms with Gasteiger partial charge in [-0.2, -0.15) is 0 Å². The average Bonchev–Trinajstić information content (AvgIpc) is 2.95. The summed E-state index contributed by atoms with van der Waals surface area (Å²) in [5.74, 6) is -1.25. The molecule has 1 aliphatic heterocycles. The molecule has 0 bridgehead atoms. The number of carbonyl (C=O) groups excluding carboxylic acids is 1. The lowest BCUT2D eigenvalue weighted by molar-refractivity contribution is -0.143. The summed E-state index contributed by atoms with van der Waals surface area (Å²) in [5.41, 5.74) is 0.999. The van der Waals surface area contributed by atoms with Gasteiger partial charge in [0.25, 0.3) is 0 Å². The Morgan fingerprint density at radius 2 is 2.38 bits per heavy atom. The van der Waals surface area contributed by atoms with Gasteiger partial charge in [-0.05, 0) is 19.3 Å². The number of hydrogen-bond donors (Lipinski definition) is 2. The number of nitrogens with zero attached hydrogens (tertiary/aromatic N) is 2. The summed E-state index contributed by atoms with van der Waals surface area (Å²) < 4.78 is 0. The molecule has 0 spiro atoms. The van der Waals surface area contributed by atoms with Crippen LogP contribution in [0.3, 0.4) is 0 Å². The molecule has 2 heterocycles. The van der Waals surface area contributed by atoms with Gasteiger partial charge in [-0.1, -0.05) is 6.92 Å². The van der Waals surface area contributed by atoms with E-state index in [4.69, 9.17) is 5.11 Å². The van der Waals surface area contributed by atoms with Crippen LogP contribution in [-0.2, 0) is 17.6 Å². The number of rotatable bonds is 5. The number of aromatic nitrogens is 1. The van der Waals surface area contributed by atoms with Crippen molar-refractivity contribution in [2.75, 3.05) is 19.6 Å². The first kappa shape index (κ1) is 15.8. The van der Waals surface area contributed by atoms with E-state index in [0.717, 1.165) is 23.5 Å². The lowest BCUT2D eigenvalue weighted by Gasteiger charge is -2.30. The summed E-state index contributed by atoms with van der Waals surface area (Å²) >= 11 is 1.64. The van der Waals surface area contributed by atoms with E-state index < -0.39 is 11.9 Å². The Kier molecular flexibility index (Phi) is 5.55. The Bertz CT molecular complexity index is 503. The van der Waals surface area contributed by atoms with E-state index in [1.165, 1.54) is 0 Å². The molecule has 0 saturated carbocycles. The van der Waals surface area contributed by atoms with Gasteiger partial charge in [0.05, 0.1) is 16.6 Å². The monoisotopic (exact) mass is 311 g/mol. The second kappa shape index (κ2) is 7.40. The smallest absolute Gasteiger partial charge is 0.317 e. The third-order valence-corrected chi connectivity index (χ3v) is 4.66. The summed E-state index contributed by atoms with van der Waals surface area (Å²) in [6, 6.07) is -0.174. The lowest BCUT2D eigenvalue weighted by atomic mass is 9.99. The van der Waals surface area contributed by atoms with Crippen LogP contribution in [0.25, 0.3) is 0 Å². The van der Waals surface area contributed by atoms with E-state index in [0.29, 0.717) is 32.5 Å². The molecule has 2 rings (SSSR count). The van der Waals surface area contributed by atoms with Crippen molar-refractivity contribution in [3.05, 3.63) is 16.1 Å². The molecule has 21 heavy (non-hydrogen) atoms. The fourth-order valence-electron chi connectivity index (χ4n) is 2.40. The molecule has 1 aromatic heterocycles. The zero-order valence-corrected chi connectivity index (χ0v) is 13.0. The van der Waals surface area contributed by atoms with Crippen LogP contribution < -0.4 is 5.32 Å². The number of aryl methyl sites for hydroxylation is 1. The number of carbonyl (C=O) groups is 2. The fourth-order valence-corrected chi connectivity index (χ4v) is 3.18. The Morgan fingerprint density at radius 3 is 3.05 bits per heavy atom. The molecule has 0 radical (unpaired) electrons. The molecule has 1 aromatic rings. The number of hydrogen-bond acceptors (Lipinski definition) is 4. The second-order valence-electron chi connectivity index (χ2n) is 5.19. The van der Waals surface area contributed by atoms with Crippen LogP contribution in [0.1, 0.15) is 30.5 Å². The minimum Gasteiger partial charge on any atom is -0.481 e. The molecule has 2 N–H and O–H groups in total. The van der Waals surface area contributed by atoms with Crippen molar-refractivity contribution < 1.29 is 14.7 Å². The van der Waals surface area contributed by atoms with Gasteiger partial charge in [0.15, 0.2) is 0 Å². The number of nitrogens with one attached hydrogen (secondary N) is 1. The maximum Gasteiger partial charge on any atom is 0.317 e. The largest absolute Gasteiger partial charge is 0.481 e. The van der Waals surface area contributed by atoms with Crippen LogP contribution in [0.2, 0.25) is 0 Å². The van der Waals surface area contributed by atoms with Gasteiger partial charge in [-0.15, -0.1) is 11.3 Å². The predicted molar refractivity (Wildman–Crippen MR) is 80.5 cm³/mol. The molecule has 0 aromatic carbocycles. The van der Waals surface area contributed by atoms with Crippen molar-refractivity contribution in [3.8, 4) is 0 Å². The topological polar surface area (TPSA) is 82.5 Å². The van der Waals surface area contributed by atoms with Crippen LogP contribution in [0.5, 0.6) is 0 Å². The third-order valence-electron chi connectivity index (χ3n) is 3.62. The first-order valence-corrected chi connectivity index (χ1v) is 8.17. The summed E-state index contributed by atoms with van der Waals surface area (Å²) in [7, 11) is 0. The maximum absolute atomic E-state index is 12.0.